The molecule has 9 heteroatoms. The lowest BCUT2D eigenvalue weighted by molar-refractivity contribution is 0.0679. The topological polar surface area (TPSA) is 101 Å². The molecule has 0 unspecified atom stereocenters. The maximum atomic E-state index is 12.8. The zero-order chi connectivity index (χ0) is 20.9. The largest absolute Gasteiger partial charge is 0.461 e. The van der Waals surface area contributed by atoms with Crippen molar-refractivity contribution >= 4 is 23.6 Å². The SMILES string of the molecule is CSc1ncccc1C(=O)N1CCC(CNC(=O)c2cc(-c3ccco3)on2)CC1. The van der Waals surface area contributed by atoms with E-state index >= 15 is 0 Å². The number of thioether (sulfide) groups is 1. The van der Waals surface area contributed by atoms with E-state index < -0.39 is 0 Å². The first-order valence-electron chi connectivity index (χ1n) is 9.72. The van der Waals surface area contributed by atoms with Crippen molar-refractivity contribution in [2.75, 3.05) is 25.9 Å². The zero-order valence-corrected chi connectivity index (χ0v) is 17.4. The summed E-state index contributed by atoms with van der Waals surface area (Å²) in [6.45, 7) is 1.86. The highest BCUT2D eigenvalue weighted by molar-refractivity contribution is 7.98. The number of aromatic nitrogens is 2. The van der Waals surface area contributed by atoms with Gasteiger partial charge in [-0.25, -0.2) is 4.98 Å². The Morgan fingerprint density at radius 3 is 2.80 bits per heavy atom. The maximum Gasteiger partial charge on any atom is 0.273 e. The molecular weight excluding hydrogens is 404 g/mol. The molecule has 1 fully saturated rings. The summed E-state index contributed by atoms with van der Waals surface area (Å²) in [7, 11) is 0. The minimum absolute atomic E-state index is 0.0167. The molecule has 8 nitrogen and oxygen atoms in total. The van der Waals surface area contributed by atoms with Crippen LogP contribution in [-0.2, 0) is 0 Å². The van der Waals surface area contributed by atoms with Gasteiger partial charge in [0.1, 0.15) is 5.03 Å². The first-order valence-corrected chi connectivity index (χ1v) is 10.9. The van der Waals surface area contributed by atoms with Crippen LogP contribution in [0.3, 0.4) is 0 Å². The van der Waals surface area contributed by atoms with E-state index in [1.165, 1.54) is 18.0 Å². The predicted octanol–water partition coefficient (Wildman–Crippen LogP) is 3.33. The standard InChI is InChI=1S/C21H22N4O4S/c1-30-20-15(4-2-8-22-20)21(27)25-9-6-14(7-10-25)13-23-19(26)16-12-18(29-24-16)17-5-3-11-28-17/h2-5,8,11-12,14H,6-7,9-10,13H2,1H3,(H,23,26). The number of rotatable bonds is 6. The molecule has 30 heavy (non-hydrogen) atoms. The number of nitrogens with zero attached hydrogens (tertiary/aromatic N) is 3. The van der Waals surface area contributed by atoms with Crippen LogP contribution in [0.15, 0.2) is 56.8 Å². The second-order valence-electron chi connectivity index (χ2n) is 7.06. The van der Waals surface area contributed by atoms with Crippen LogP contribution in [0.1, 0.15) is 33.7 Å². The van der Waals surface area contributed by atoms with Gasteiger partial charge in [-0.05, 0) is 49.3 Å². The molecule has 3 aromatic heterocycles. The molecule has 0 aromatic carbocycles. The van der Waals surface area contributed by atoms with Crippen molar-refractivity contribution in [2.45, 2.75) is 17.9 Å². The van der Waals surface area contributed by atoms with Gasteiger partial charge in [0.15, 0.2) is 11.5 Å². The van der Waals surface area contributed by atoms with Crippen molar-refractivity contribution in [3.8, 4) is 11.5 Å². The Balaban J connectivity index is 1.27. The Labute approximate surface area is 178 Å². The number of amides is 2. The summed E-state index contributed by atoms with van der Waals surface area (Å²) in [5, 5.41) is 7.47. The van der Waals surface area contributed by atoms with Crippen LogP contribution in [0.2, 0.25) is 0 Å². The third kappa shape index (κ3) is 4.40. The first-order chi connectivity index (χ1) is 14.7. The highest BCUT2D eigenvalue weighted by Gasteiger charge is 2.26. The van der Waals surface area contributed by atoms with Gasteiger partial charge < -0.3 is 19.2 Å². The fraction of sp³-hybridized carbons (Fsp3) is 0.333. The lowest BCUT2D eigenvalue weighted by atomic mass is 9.96. The Bertz CT molecular complexity index is 1010. The van der Waals surface area contributed by atoms with Crippen molar-refractivity contribution < 1.29 is 18.5 Å². The van der Waals surface area contributed by atoms with Crippen LogP contribution >= 0.6 is 11.8 Å². The molecule has 156 valence electrons. The van der Waals surface area contributed by atoms with Gasteiger partial charge >= 0.3 is 0 Å². The van der Waals surface area contributed by atoms with E-state index in [9.17, 15) is 9.59 Å². The van der Waals surface area contributed by atoms with Crippen LogP contribution in [0.5, 0.6) is 0 Å². The Morgan fingerprint density at radius 1 is 1.23 bits per heavy atom. The molecule has 0 aliphatic carbocycles. The molecule has 4 heterocycles. The number of carbonyl (C=O) groups is 2. The van der Waals surface area contributed by atoms with Crippen molar-refractivity contribution in [2.24, 2.45) is 5.92 Å². The fourth-order valence-corrected chi connectivity index (χ4v) is 4.01. The Morgan fingerprint density at radius 2 is 2.07 bits per heavy atom. The summed E-state index contributed by atoms with van der Waals surface area (Å²) in [6, 6.07) is 8.65. The van der Waals surface area contributed by atoms with Gasteiger partial charge in [-0.1, -0.05) is 5.16 Å². The van der Waals surface area contributed by atoms with E-state index in [1.54, 1.807) is 30.5 Å². The minimum Gasteiger partial charge on any atom is -0.461 e. The van der Waals surface area contributed by atoms with Crippen molar-refractivity contribution in [1.82, 2.24) is 20.4 Å². The van der Waals surface area contributed by atoms with Gasteiger partial charge in [-0.15, -0.1) is 11.8 Å². The van der Waals surface area contributed by atoms with E-state index in [4.69, 9.17) is 8.94 Å². The lowest BCUT2D eigenvalue weighted by Crippen LogP contribution is -2.41. The Kier molecular flexibility index (Phi) is 6.18. The van der Waals surface area contributed by atoms with Crippen LogP contribution in [0, 0.1) is 5.92 Å². The molecule has 0 radical (unpaired) electrons. The number of piperidine rings is 1. The summed E-state index contributed by atoms with van der Waals surface area (Å²) >= 11 is 1.47. The van der Waals surface area contributed by atoms with Gasteiger partial charge in [0.25, 0.3) is 11.8 Å². The second-order valence-corrected chi connectivity index (χ2v) is 7.85. The lowest BCUT2D eigenvalue weighted by Gasteiger charge is -2.32. The van der Waals surface area contributed by atoms with E-state index in [0.717, 1.165) is 17.9 Å². The van der Waals surface area contributed by atoms with Gasteiger partial charge in [-0.2, -0.15) is 0 Å². The Hall–Kier alpha value is -3.07. The normalized spacial score (nSPS) is 14.6. The molecule has 1 saturated heterocycles. The quantitative estimate of drug-likeness (QED) is 0.603. The molecule has 3 aromatic rings. The van der Waals surface area contributed by atoms with Crippen LogP contribution < -0.4 is 5.32 Å². The molecule has 0 saturated carbocycles. The van der Waals surface area contributed by atoms with Crippen molar-refractivity contribution in [3.05, 3.63) is 54.0 Å². The molecule has 1 N–H and O–H groups in total. The summed E-state index contributed by atoms with van der Waals surface area (Å²) in [5.41, 5.74) is 0.866. The summed E-state index contributed by atoms with van der Waals surface area (Å²) < 4.78 is 10.4. The molecular formula is C21H22N4O4S. The summed E-state index contributed by atoms with van der Waals surface area (Å²) in [6.07, 6.45) is 6.81. The maximum absolute atomic E-state index is 12.8. The fourth-order valence-electron chi connectivity index (χ4n) is 3.47. The number of pyridine rings is 1. The van der Waals surface area contributed by atoms with Crippen molar-refractivity contribution in [3.63, 3.8) is 0 Å². The van der Waals surface area contributed by atoms with Crippen molar-refractivity contribution in [1.29, 1.82) is 0 Å². The van der Waals surface area contributed by atoms with Crippen LogP contribution in [-0.4, -0.2) is 52.7 Å². The van der Waals surface area contributed by atoms with Gasteiger partial charge in [-0.3, -0.25) is 9.59 Å². The number of furan rings is 1. The smallest absolute Gasteiger partial charge is 0.273 e. The van der Waals surface area contributed by atoms with Gasteiger partial charge in [0.05, 0.1) is 11.8 Å². The zero-order valence-electron chi connectivity index (χ0n) is 16.5. The van der Waals surface area contributed by atoms with Gasteiger partial charge in [0.2, 0.25) is 5.76 Å². The number of nitrogens with one attached hydrogen (secondary N) is 1. The number of carbonyl (C=O) groups excluding carboxylic acids is 2. The molecule has 1 aliphatic rings. The molecule has 0 atom stereocenters. The monoisotopic (exact) mass is 426 g/mol. The van der Waals surface area contributed by atoms with E-state index in [2.05, 4.69) is 15.5 Å². The number of likely N-dealkylation sites (tertiary alicyclic amines) is 1. The summed E-state index contributed by atoms with van der Waals surface area (Å²) in [4.78, 5) is 31.3. The van der Waals surface area contributed by atoms with E-state index in [-0.39, 0.29) is 17.5 Å². The minimum atomic E-state index is -0.282. The predicted molar refractivity (Wildman–Crippen MR) is 111 cm³/mol. The van der Waals surface area contributed by atoms with E-state index in [0.29, 0.717) is 42.6 Å². The van der Waals surface area contributed by atoms with Crippen LogP contribution in [0.25, 0.3) is 11.5 Å². The highest BCUT2D eigenvalue weighted by atomic mass is 32.2. The molecule has 1 aliphatic heterocycles. The number of hydrogen-bond donors (Lipinski definition) is 1. The highest BCUT2D eigenvalue weighted by Crippen LogP contribution is 2.23. The van der Waals surface area contributed by atoms with E-state index in [1.807, 2.05) is 17.2 Å². The summed E-state index contributed by atoms with van der Waals surface area (Å²) in [5.74, 6) is 0.982. The average molecular weight is 426 g/mol. The molecule has 0 bridgehead atoms. The van der Waals surface area contributed by atoms with Crippen LogP contribution in [0.4, 0.5) is 0 Å². The molecule has 4 rings (SSSR count). The number of hydrogen-bond acceptors (Lipinski definition) is 7. The molecule has 0 spiro atoms. The third-order valence-corrected chi connectivity index (χ3v) is 5.87. The first kappa shape index (κ1) is 20.2. The molecule has 2 amide bonds. The third-order valence-electron chi connectivity index (χ3n) is 5.15. The van der Waals surface area contributed by atoms with Gasteiger partial charge in [0, 0.05) is 31.9 Å². The average Bonchev–Trinajstić information content (AvgIpc) is 3.49. The second kappa shape index (κ2) is 9.17.